The molecule has 0 radical (unpaired) electrons. The molecule has 2 heterocycles. The lowest BCUT2D eigenvalue weighted by molar-refractivity contribution is 0.182. The van der Waals surface area contributed by atoms with Crippen LogP contribution in [0.4, 0.5) is 10.5 Å². The van der Waals surface area contributed by atoms with E-state index in [4.69, 9.17) is 8.84 Å². The van der Waals surface area contributed by atoms with E-state index in [1.807, 2.05) is 78.9 Å². The second-order valence-corrected chi connectivity index (χ2v) is 19.6. The van der Waals surface area contributed by atoms with Crippen LogP contribution < -0.4 is 21.9 Å². The third kappa shape index (κ3) is 8.57. The van der Waals surface area contributed by atoms with Gasteiger partial charge < -0.3 is 29.4 Å². The molecule has 0 aliphatic rings. The zero-order valence-electron chi connectivity index (χ0n) is 31.1. The number of hydrogen-bond acceptors (Lipinski definition) is 7. The van der Waals surface area contributed by atoms with Crippen molar-refractivity contribution in [3.63, 3.8) is 0 Å². The van der Waals surface area contributed by atoms with Crippen LogP contribution in [0, 0.1) is 0 Å². The van der Waals surface area contributed by atoms with Crippen molar-refractivity contribution in [2.45, 2.75) is 58.0 Å². The molecule has 6 rings (SSSR count). The smallest absolute Gasteiger partial charge is 0.420 e. The highest BCUT2D eigenvalue weighted by atomic mass is 28.4. The quantitative estimate of drug-likeness (QED) is 0.0581. The molecular formula is C42H46N4O7Si. The monoisotopic (exact) mass is 746 g/mol. The van der Waals surface area contributed by atoms with Crippen molar-refractivity contribution in [2.75, 3.05) is 18.4 Å². The fourth-order valence-corrected chi connectivity index (χ4v) is 7.52. The van der Waals surface area contributed by atoms with Crippen LogP contribution >= 0.6 is 0 Å². The van der Waals surface area contributed by atoms with Crippen LogP contribution in [0.2, 0.25) is 18.1 Å². The first-order chi connectivity index (χ1) is 25.7. The summed E-state index contributed by atoms with van der Waals surface area (Å²) in [6.45, 7) is 12.4. The van der Waals surface area contributed by atoms with Gasteiger partial charge in [-0.2, -0.15) is 0 Å². The molecule has 0 bridgehead atoms. The molecule has 6 aromatic rings. The van der Waals surface area contributed by atoms with Crippen LogP contribution in [-0.2, 0) is 17.4 Å². The molecule has 5 N–H and O–H groups in total. The Labute approximate surface area is 314 Å². The average molecular weight is 747 g/mol. The highest BCUT2D eigenvalue weighted by molar-refractivity contribution is 6.74. The topological polar surface area (TPSA) is 159 Å². The number of amides is 1. The first kappa shape index (κ1) is 38.0. The van der Waals surface area contributed by atoms with Gasteiger partial charge in [0.1, 0.15) is 5.75 Å². The van der Waals surface area contributed by atoms with Crippen LogP contribution in [0.1, 0.15) is 43.6 Å². The minimum atomic E-state index is -2.22. The number of nitrogens with zero attached hydrogens (tertiary/aromatic N) is 1. The predicted molar refractivity (Wildman–Crippen MR) is 217 cm³/mol. The summed E-state index contributed by atoms with van der Waals surface area (Å²) in [5.74, 6) is -0.457. The number of fused-ring (bicyclic) bond motifs is 2. The largest absolute Gasteiger partial charge is 0.506 e. The summed E-state index contributed by atoms with van der Waals surface area (Å²) in [5, 5.41) is 26.7. The molecule has 0 saturated heterocycles. The minimum absolute atomic E-state index is 0.00957. The lowest BCUT2D eigenvalue weighted by Gasteiger charge is -2.39. The summed E-state index contributed by atoms with van der Waals surface area (Å²) in [5.41, 5.74) is 6.06. The van der Waals surface area contributed by atoms with Gasteiger partial charge in [-0.3, -0.25) is 14.7 Å². The van der Waals surface area contributed by atoms with Gasteiger partial charge in [0.2, 0.25) is 5.56 Å². The lowest BCUT2D eigenvalue weighted by Crippen LogP contribution is -2.43. The lowest BCUT2D eigenvalue weighted by atomic mass is 10.0. The van der Waals surface area contributed by atoms with E-state index in [0.717, 1.165) is 33.2 Å². The van der Waals surface area contributed by atoms with Gasteiger partial charge >= 0.3 is 11.8 Å². The van der Waals surface area contributed by atoms with Crippen LogP contribution in [0.15, 0.2) is 111 Å². The number of nitrogens with one attached hydrogen (secondary N) is 3. The Morgan fingerprint density at radius 3 is 2.52 bits per heavy atom. The Bertz CT molecular complexity index is 2440. The number of phenolic OH excluding ortho intramolecular Hbond substituents is 1. The van der Waals surface area contributed by atoms with E-state index in [-0.39, 0.29) is 29.0 Å². The van der Waals surface area contributed by atoms with Crippen LogP contribution in [0.25, 0.3) is 39.2 Å². The molecule has 0 aliphatic carbocycles. The highest BCUT2D eigenvalue weighted by Gasteiger charge is 2.39. The Morgan fingerprint density at radius 2 is 1.78 bits per heavy atom. The van der Waals surface area contributed by atoms with Crippen molar-refractivity contribution in [1.29, 1.82) is 0 Å². The number of phenols is 1. The predicted octanol–water partition coefficient (Wildman–Crippen LogP) is 8.51. The Hall–Kier alpha value is -5.69. The van der Waals surface area contributed by atoms with Crippen molar-refractivity contribution in [2.24, 2.45) is 0 Å². The summed E-state index contributed by atoms with van der Waals surface area (Å²) in [6.07, 6.45) is 2.88. The van der Waals surface area contributed by atoms with Gasteiger partial charge in [-0.1, -0.05) is 87.5 Å². The fraction of sp³-hybridized carbons (Fsp3) is 0.262. The van der Waals surface area contributed by atoms with Crippen LogP contribution in [0.5, 0.6) is 5.75 Å². The van der Waals surface area contributed by atoms with E-state index in [2.05, 4.69) is 49.5 Å². The van der Waals surface area contributed by atoms with Gasteiger partial charge in [0.25, 0.3) is 0 Å². The maximum absolute atomic E-state index is 12.9. The second-order valence-electron chi connectivity index (χ2n) is 14.9. The number of H-pyrrole nitrogens is 1. The first-order valence-electron chi connectivity index (χ1n) is 17.9. The Morgan fingerprint density at radius 1 is 1.00 bits per heavy atom. The second kappa shape index (κ2) is 15.7. The maximum atomic E-state index is 12.9. The number of aromatic amines is 1. The SMILES string of the molecule is CC(C)(C)[Si](C)(C)O[C@@H](CNCCc1ccc2c(c1)oc(=O)n2C/C=C/c1ccc(-c2ccccc2)c(NC(=O)O)c1)c1ccc(O)c2[nH]c(=O)ccc12. The van der Waals surface area contributed by atoms with Crippen LogP contribution in [-0.4, -0.2) is 47.3 Å². The third-order valence-electron chi connectivity index (χ3n) is 10.1. The summed E-state index contributed by atoms with van der Waals surface area (Å²) in [6, 6.07) is 27.5. The van der Waals surface area contributed by atoms with Crippen LogP contribution in [0.3, 0.4) is 0 Å². The molecular weight excluding hydrogens is 701 g/mol. The standard InChI is InChI=1S/C42H46N4O7Si/c1-42(2,3)54(4,5)53-37(31-16-19-35(47)39-32(31)17-20-38(48)45-39)26-43-22-21-28-14-18-34-36(25-28)52-41(51)46(34)23-9-10-27-13-15-30(29-11-7-6-8-12-29)33(24-27)44-40(49)50/h6-20,24-25,37,43-44,47H,21-23,26H2,1-5H3,(H,45,48)(H,49,50)/b10-9+/t37-/m0/s1. The summed E-state index contributed by atoms with van der Waals surface area (Å²) in [4.78, 5) is 39.2. The molecule has 54 heavy (non-hydrogen) atoms. The number of carbonyl (C=O) groups is 1. The number of pyridine rings is 1. The number of oxazole rings is 1. The number of aromatic nitrogens is 2. The molecule has 12 heteroatoms. The number of anilines is 1. The Kier molecular flexibility index (Phi) is 11.1. The molecule has 4 aromatic carbocycles. The summed E-state index contributed by atoms with van der Waals surface area (Å²) < 4.78 is 14.1. The van der Waals surface area contributed by atoms with E-state index >= 15 is 0 Å². The van der Waals surface area contributed by atoms with E-state index < -0.39 is 20.2 Å². The fourth-order valence-electron chi connectivity index (χ4n) is 6.24. The van der Waals surface area contributed by atoms with Gasteiger partial charge in [0.15, 0.2) is 13.9 Å². The molecule has 0 fully saturated rings. The van der Waals surface area contributed by atoms with E-state index in [9.17, 15) is 24.6 Å². The van der Waals surface area contributed by atoms with E-state index in [0.29, 0.717) is 41.8 Å². The van der Waals surface area contributed by atoms with Crippen molar-refractivity contribution >= 4 is 48.2 Å². The number of allylic oxidation sites excluding steroid dienone is 1. The molecule has 0 saturated carbocycles. The number of rotatable bonds is 13. The summed E-state index contributed by atoms with van der Waals surface area (Å²) >= 11 is 0. The van der Waals surface area contributed by atoms with E-state index in [1.165, 1.54) is 6.07 Å². The third-order valence-corrected chi connectivity index (χ3v) is 14.6. The maximum Gasteiger partial charge on any atom is 0.420 e. The molecule has 1 amide bonds. The van der Waals surface area contributed by atoms with Gasteiger partial charge in [-0.25, -0.2) is 9.59 Å². The molecule has 11 nitrogen and oxygen atoms in total. The first-order valence-corrected chi connectivity index (χ1v) is 20.8. The number of benzene rings is 4. The molecule has 2 aromatic heterocycles. The van der Waals surface area contributed by atoms with Crippen molar-refractivity contribution < 1.29 is 23.9 Å². The normalized spacial score (nSPS) is 12.8. The highest BCUT2D eigenvalue weighted by Crippen LogP contribution is 2.41. The van der Waals surface area contributed by atoms with Gasteiger partial charge in [-0.05, 0) is 83.7 Å². The molecule has 0 aliphatic heterocycles. The van der Waals surface area contributed by atoms with Gasteiger partial charge in [0, 0.05) is 30.1 Å². The van der Waals surface area contributed by atoms with Gasteiger partial charge in [-0.15, -0.1) is 0 Å². The molecule has 280 valence electrons. The zero-order valence-corrected chi connectivity index (χ0v) is 32.1. The number of carboxylic acid groups (broad SMARTS) is 1. The molecule has 1 atom stereocenters. The van der Waals surface area contributed by atoms with Crippen molar-refractivity contribution in [1.82, 2.24) is 14.9 Å². The number of aromatic hydroxyl groups is 1. The van der Waals surface area contributed by atoms with E-state index in [1.54, 1.807) is 22.8 Å². The van der Waals surface area contributed by atoms with Crippen molar-refractivity contribution in [3.05, 3.63) is 135 Å². The summed E-state index contributed by atoms with van der Waals surface area (Å²) in [7, 11) is -2.22. The Balaban J connectivity index is 1.14. The average Bonchev–Trinajstić information content (AvgIpc) is 3.43. The van der Waals surface area contributed by atoms with Crippen molar-refractivity contribution in [3.8, 4) is 16.9 Å². The van der Waals surface area contributed by atoms with Gasteiger partial charge in [0.05, 0.1) is 22.8 Å². The molecule has 0 unspecified atom stereocenters. The number of hydrogen-bond donors (Lipinski definition) is 5. The minimum Gasteiger partial charge on any atom is -0.506 e. The molecule has 0 spiro atoms. The zero-order chi connectivity index (χ0) is 38.6.